The van der Waals surface area contributed by atoms with Gasteiger partial charge in [-0.2, -0.15) is 5.26 Å². The predicted octanol–water partition coefficient (Wildman–Crippen LogP) is 3.10. The molecule has 0 aliphatic heterocycles. The van der Waals surface area contributed by atoms with Gasteiger partial charge in [0.15, 0.2) is 0 Å². The molecule has 0 saturated carbocycles. The van der Waals surface area contributed by atoms with Crippen LogP contribution in [0.3, 0.4) is 0 Å². The van der Waals surface area contributed by atoms with Gasteiger partial charge in [-0.05, 0) is 32.4 Å². The number of hydrogen-bond acceptors (Lipinski definition) is 3. The average Bonchev–Trinajstić information content (AvgIpc) is 2.37. The summed E-state index contributed by atoms with van der Waals surface area (Å²) in [6, 6.07) is 9.41. The van der Waals surface area contributed by atoms with Crippen LogP contribution in [0.4, 0.5) is 0 Å². The lowest BCUT2D eigenvalue weighted by Gasteiger charge is -2.16. The van der Waals surface area contributed by atoms with Gasteiger partial charge in [-0.3, -0.25) is 0 Å². The Morgan fingerprint density at radius 3 is 2.79 bits per heavy atom. The normalized spacial score (nSPS) is 11.2. The number of ether oxygens (including phenoxy) is 1. The standard InChI is InChI=1S/C15H17NO3/c1-15(2,11-16)9-10-19-13-6-4-3-5-12(13)7-8-14(17)18/h3-8H,9-10H2,1-2H3,(H,17,18). The number of nitriles is 1. The van der Waals surface area contributed by atoms with Crippen molar-refractivity contribution in [3.8, 4) is 11.8 Å². The average molecular weight is 259 g/mol. The van der Waals surface area contributed by atoms with Crippen LogP contribution in [-0.4, -0.2) is 17.7 Å². The van der Waals surface area contributed by atoms with Crippen LogP contribution in [0.2, 0.25) is 0 Å². The van der Waals surface area contributed by atoms with E-state index >= 15 is 0 Å². The van der Waals surface area contributed by atoms with E-state index in [1.54, 1.807) is 12.1 Å². The van der Waals surface area contributed by atoms with Gasteiger partial charge in [0.2, 0.25) is 0 Å². The number of benzene rings is 1. The maximum absolute atomic E-state index is 10.5. The fraction of sp³-hybridized carbons (Fsp3) is 0.333. The minimum atomic E-state index is -1.000. The second-order valence-corrected chi connectivity index (χ2v) is 4.80. The monoisotopic (exact) mass is 259 g/mol. The SMILES string of the molecule is CC(C)(C#N)CCOc1ccccc1C=CC(=O)O. The van der Waals surface area contributed by atoms with E-state index in [-0.39, 0.29) is 0 Å². The van der Waals surface area contributed by atoms with Gasteiger partial charge < -0.3 is 9.84 Å². The second kappa shape index (κ2) is 6.60. The first kappa shape index (κ1) is 14.8. The number of rotatable bonds is 6. The fourth-order valence-electron chi connectivity index (χ4n) is 1.38. The molecule has 0 aliphatic carbocycles. The Balaban J connectivity index is 2.69. The van der Waals surface area contributed by atoms with Gasteiger partial charge in [-0.1, -0.05) is 18.2 Å². The number of para-hydroxylation sites is 1. The van der Waals surface area contributed by atoms with Crippen LogP contribution in [-0.2, 0) is 4.79 Å². The maximum atomic E-state index is 10.5. The van der Waals surface area contributed by atoms with Gasteiger partial charge in [0, 0.05) is 11.6 Å². The highest BCUT2D eigenvalue weighted by Gasteiger charge is 2.16. The van der Waals surface area contributed by atoms with Crippen LogP contribution in [0.1, 0.15) is 25.8 Å². The van der Waals surface area contributed by atoms with E-state index in [1.165, 1.54) is 6.08 Å². The summed E-state index contributed by atoms with van der Waals surface area (Å²) < 4.78 is 5.61. The van der Waals surface area contributed by atoms with E-state index in [1.807, 2.05) is 26.0 Å². The molecule has 0 heterocycles. The topological polar surface area (TPSA) is 70.3 Å². The smallest absolute Gasteiger partial charge is 0.328 e. The molecule has 0 radical (unpaired) electrons. The van der Waals surface area contributed by atoms with Gasteiger partial charge >= 0.3 is 5.97 Å². The molecule has 0 aromatic heterocycles. The Labute approximate surface area is 112 Å². The molecule has 4 heteroatoms. The van der Waals surface area contributed by atoms with Crippen molar-refractivity contribution in [1.29, 1.82) is 5.26 Å². The van der Waals surface area contributed by atoms with Crippen LogP contribution in [0, 0.1) is 16.7 Å². The van der Waals surface area contributed by atoms with Crippen molar-refractivity contribution in [3.05, 3.63) is 35.9 Å². The van der Waals surface area contributed by atoms with Gasteiger partial charge in [0.1, 0.15) is 5.75 Å². The van der Waals surface area contributed by atoms with E-state index in [0.717, 1.165) is 6.08 Å². The highest BCUT2D eigenvalue weighted by atomic mass is 16.5. The highest BCUT2D eigenvalue weighted by Crippen LogP contribution is 2.22. The molecule has 0 bridgehead atoms. The lowest BCUT2D eigenvalue weighted by Crippen LogP contribution is -2.13. The van der Waals surface area contributed by atoms with Crippen LogP contribution in [0.25, 0.3) is 6.08 Å². The summed E-state index contributed by atoms with van der Waals surface area (Å²) in [6.07, 6.45) is 3.18. The number of aliphatic carboxylic acids is 1. The van der Waals surface area contributed by atoms with Crippen LogP contribution in [0.15, 0.2) is 30.3 Å². The third kappa shape index (κ3) is 5.26. The second-order valence-electron chi connectivity index (χ2n) is 4.80. The number of carbonyl (C=O) groups is 1. The number of carboxylic acid groups (broad SMARTS) is 1. The maximum Gasteiger partial charge on any atom is 0.328 e. The first-order valence-electron chi connectivity index (χ1n) is 5.99. The Hall–Kier alpha value is -2.28. The third-order valence-electron chi connectivity index (χ3n) is 2.61. The molecule has 0 spiro atoms. The molecule has 1 rings (SSSR count). The lowest BCUT2D eigenvalue weighted by atomic mass is 9.92. The Morgan fingerprint density at radius 1 is 1.47 bits per heavy atom. The zero-order valence-corrected chi connectivity index (χ0v) is 11.1. The summed E-state index contributed by atoms with van der Waals surface area (Å²) in [7, 11) is 0. The van der Waals surface area contributed by atoms with Gasteiger partial charge in [0.05, 0.1) is 18.1 Å². The van der Waals surface area contributed by atoms with Crippen LogP contribution >= 0.6 is 0 Å². The lowest BCUT2D eigenvalue weighted by molar-refractivity contribution is -0.131. The Bertz CT molecular complexity index is 512. The molecule has 1 aromatic rings. The van der Waals surface area contributed by atoms with Gasteiger partial charge in [-0.15, -0.1) is 0 Å². The van der Waals surface area contributed by atoms with Gasteiger partial charge in [0.25, 0.3) is 0 Å². The van der Waals surface area contributed by atoms with E-state index < -0.39 is 11.4 Å². The van der Waals surface area contributed by atoms with E-state index in [0.29, 0.717) is 24.3 Å². The Morgan fingerprint density at radius 2 is 2.16 bits per heavy atom. The Kier molecular flexibility index (Phi) is 5.13. The summed E-state index contributed by atoms with van der Waals surface area (Å²) in [4.78, 5) is 10.5. The molecule has 0 aliphatic rings. The predicted molar refractivity (Wildman–Crippen MR) is 72.6 cm³/mol. The van der Waals surface area contributed by atoms with Gasteiger partial charge in [-0.25, -0.2) is 4.79 Å². The number of carboxylic acids is 1. The number of nitrogens with zero attached hydrogens (tertiary/aromatic N) is 1. The molecule has 0 unspecified atom stereocenters. The summed E-state index contributed by atoms with van der Waals surface area (Å²) in [6.45, 7) is 4.12. The molecule has 1 aromatic carbocycles. The first-order valence-corrected chi connectivity index (χ1v) is 5.99. The molecule has 0 saturated heterocycles. The summed E-state index contributed by atoms with van der Waals surface area (Å²) in [5.74, 6) is -0.380. The quantitative estimate of drug-likeness (QED) is 0.797. The third-order valence-corrected chi connectivity index (χ3v) is 2.61. The largest absolute Gasteiger partial charge is 0.493 e. The zero-order valence-electron chi connectivity index (χ0n) is 11.1. The van der Waals surface area contributed by atoms with E-state index in [2.05, 4.69) is 6.07 Å². The van der Waals surface area contributed by atoms with Crippen molar-refractivity contribution in [2.75, 3.05) is 6.61 Å². The van der Waals surface area contributed by atoms with Crippen molar-refractivity contribution < 1.29 is 14.6 Å². The molecule has 4 nitrogen and oxygen atoms in total. The molecular weight excluding hydrogens is 242 g/mol. The van der Waals surface area contributed by atoms with E-state index in [9.17, 15) is 4.79 Å². The summed E-state index contributed by atoms with van der Waals surface area (Å²) in [5, 5.41) is 17.5. The molecule has 100 valence electrons. The van der Waals surface area contributed by atoms with Crippen LogP contribution < -0.4 is 4.74 Å². The van der Waals surface area contributed by atoms with Crippen molar-refractivity contribution >= 4 is 12.0 Å². The highest BCUT2D eigenvalue weighted by molar-refractivity contribution is 5.85. The fourth-order valence-corrected chi connectivity index (χ4v) is 1.38. The minimum absolute atomic E-state index is 0.415. The number of hydrogen-bond donors (Lipinski definition) is 1. The molecule has 1 N–H and O–H groups in total. The molecule has 0 atom stereocenters. The molecular formula is C15H17NO3. The van der Waals surface area contributed by atoms with Crippen molar-refractivity contribution in [1.82, 2.24) is 0 Å². The van der Waals surface area contributed by atoms with Crippen molar-refractivity contribution in [2.24, 2.45) is 5.41 Å². The molecule has 0 amide bonds. The summed E-state index contributed by atoms with van der Waals surface area (Å²) >= 11 is 0. The van der Waals surface area contributed by atoms with Crippen molar-refractivity contribution in [3.63, 3.8) is 0 Å². The summed E-state index contributed by atoms with van der Waals surface area (Å²) in [5.41, 5.74) is 0.283. The van der Waals surface area contributed by atoms with Crippen molar-refractivity contribution in [2.45, 2.75) is 20.3 Å². The molecule has 0 fully saturated rings. The van der Waals surface area contributed by atoms with Crippen LogP contribution in [0.5, 0.6) is 5.75 Å². The zero-order chi connectivity index (χ0) is 14.3. The molecule has 19 heavy (non-hydrogen) atoms. The first-order chi connectivity index (χ1) is 8.94. The van der Waals surface area contributed by atoms with E-state index in [4.69, 9.17) is 15.1 Å². The minimum Gasteiger partial charge on any atom is -0.493 e.